The van der Waals surface area contributed by atoms with E-state index in [2.05, 4.69) is 0 Å². The van der Waals surface area contributed by atoms with Gasteiger partial charge >= 0.3 is 0 Å². The Bertz CT molecular complexity index is 242. The molecule has 0 radical (unpaired) electrons. The lowest BCUT2D eigenvalue weighted by atomic mass is 9.98. The molecule has 0 saturated carbocycles. The summed E-state index contributed by atoms with van der Waals surface area (Å²) in [6.07, 6.45) is -1.81. The second kappa shape index (κ2) is 9.07. The van der Waals surface area contributed by atoms with E-state index >= 15 is 0 Å². The van der Waals surface area contributed by atoms with Crippen molar-refractivity contribution in [2.45, 2.75) is 30.7 Å². The molecule has 114 valence electrons. The van der Waals surface area contributed by atoms with Crippen molar-refractivity contribution in [2.24, 2.45) is 0 Å². The number of halogens is 1. The van der Waals surface area contributed by atoms with Gasteiger partial charge in [0.15, 0.2) is 6.29 Å². The van der Waals surface area contributed by atoms with Crippen molar-refractivity contribution in [1.29, 1.82) is 0 Å². The van der Waals surface area contributed by atoms with Gasteiger partial charge in [0, 0.05) is 34.3 Å². The normalized spacial score (nSPS) is 35.5. The molecule has 1 saturated heterocycles. The lowest BCUT2D eigenvalue weighted by molar-refractivity contribution is -0.312. The van der Waals surface area contributed by atoms with Crippen molar-refractivity contribution in [3.63, 3.8) is 0 Å². The van der Waals surface area contributed by atoms with E-state index in [1.165, 1.54) is 0 Å². The Morgan fingerprint density at radius 1 is 0.947 bits per heavy atom. The SMILES string of the molecule is COC[C@H]1O[C@@H](OCCCl)[C@H](OC)[C@@H](OC)[C@@H]1OC. The second-order valence-electron chi connectivity index (χ2n) is 4.16. The molecule has 5 atom stereocenters. The Morgan fingerprint density at radius 2 is 1.58 bits per heavy atom. The molecule has 1 fully saturated rings. The first-order chi connectivity index (χ1) is 9.23. The van der Waals surface area contributed by atoms with Crippen LogP contribution in [0.25, 0.3) is 0 Å². The van der Waals surface area contributed by atoms with Crippen LogP contribution < -0.4 is 0 Å². The molecule has 1 rings (SSSR count). The molecule has 19 heavy (non-hydrogen) atoms. The predicted molar refractivity (Wildman–Crippen MR) is 69.6 cm³/mol. The fourth-order valence-electron chi connectivity index (χ4n) is 2.27. The van der Waals surface area contributed by atoms with Gasteiger partial charge in [0.05, 0.1) is 13.2 Å². The van der Waals surface area contributed by atoms with Crippen LogP contribution >= 0.6 is 11.6 Å². The molecule has 0 bridgehead atoms. The molecule has 0 unspecified atom stereocenters. The fraction of sp³-hybridized carbons (Fsp3) is 1.00. The van der Waals surface area contributed by atoms with Gasteiger partial charge in [-0.3, -0.25) is 0 Å². The van der Waals surface area contributed by atoms with Crippen LogP contribution in [-0.4, -0.2) is 78.2 Å². The summed E-state index contributed by atoms with van der Waals surface area (Å²) in [5.74, 6) is 0.386. The van der Waals surface area contributed by atoms with E-state index in [1.54, 1.807) is 28.4 Å². The molecule has 6 nitrogen and oxygen atoms in total. The number of rotatable bonds is 8. The Balaban J connectivity index is 2.82. The molecule has 7 heteroatoms. The third kappa shape index (κ3) is 4.26. The number of ether oxygens (including phenoxy) is 6. The van der Waals surface area contributed by atoms with Crippen LogP contribution in [0.4, 0.5) is 0 Å². The summed E-state index contributed by atoms with van der Waals surface area (Å²) in [7, 11) is 6.40. The number of hydrogen-bond acceptors (Lipinski definition) is 6. The maximum Gasteiger partial charge on any atom is 0.186 e. The van der Waals surface area contributed by atoms with Crippen molar-refractivity contribution in [2.75, 3.05) is 47.5 Å². The van der Waals surface area contributed by atoms with Crippen molar-refractivity contribution >= 4 is 11.6 Å². The van der Waals surface area contributed by atoms with Crippen molar-refractivity contribution in [3.05, 3.63) is 0 Å². The van der Waals surface area contributed by atoms with E-state index in [1.807, 2.05) is 0 Å². The van der Waals surface area contributed by atoms with Crippen molar-refractivity contribution in [1.82, 2.24) is 0 Å². The average molecular weight is 299 g/mol. The summed E-state index contributed by atoms with van der Waals surface area (Å²) in [6.45, 7) is 0.759. The summed E-state index contributed by atoms with van der Waals surface area (Å²) < 4.78 is 32.9. The molecule has 0 amide bonds. The van der Waals surface area contributed by atoms with Gasteiger partial charge in [-0.25, -0.2) is 0 Å². The van der Waals surface area contributed by atoms with E-state index in [0.29, 0.717) is 19.1 Å². The third-order valence-corrected chi connectivity index (χ3v) is 3.25. The van der Waals surface area contributed by atoms with Crippen LogP contribution in [0.5, 0.6) is 0 Å². The molecule has 1 aliphatic rings. The van der Waals surface area contributed by atoms with E-state index in [-0.39, 0.29) is 24.4 Å². The highest BCUT2D eigenvalue weighted by molar-refractivity contribution is 6.17. The Hall–Kier alpha value is 0.0500. The minimum atomic E-state index is -0.555. The molecular weight excluding hydrogens is 276 g/mol. The van der Waals surface area contributed by atoms with E-state index in [0.717, 1.165) is 0 Å². The van der Waals surface area contributed by atoms with Crippen LogP contribution in [0.1, 0.15) is 0 Å². The second-order valence-corrected chi connectivity index (χ2v) is 4.54. The van der Waals surface area contributed by atoms with Gasteiger partial charge < -0.3 is 28.4 Å². The Kier molecular flexibility index (Phi) is 8.17. The fourth-order valence-corrected chi connectivity index (χ4v) is 2.36. The van der Waals surface area contributed by atoms with Gasteiger partial charge in [-0.1, -0.05) is 0 Å². The molecule has 0 aromatic heterocycles. The smallest absolute Gasteiger partial charge is 0.186 e. The molecule has 0 aromatic rings. The maximum atomic E-state index is 5.83. The maximum absolute atomic E-state index is 5.83. The van der Waals surface area contributed by atoms with Crippen LogP contribution in [0, 0.1) is 0 Å². The van der Waals surface area contributed by atoms with E-state index < -0.39 is 6.29 Å². The van der Waals surface area contributed by atoms with Crippen LogP contribution in [-0.2, 0) is 28.4 Å². The Morgan fingerprint density at radius 3 is 2.05 bits per heavy atom. The first-order valence-corrected chi connectivity index (χ1v) is 6.67. The van der Waals surface area contributed by atoms with Gasteiger partial charge in [-0.05, 0) is 0 Å². The summed E-state index contributed by atoms with van der Waals surface area (Å²) in [4.78, 5) is 0. The average Bonchev–Trinajstić information content (AvgIpc) is 2.44. The largest absolute Gasteiger partial charge is 0.382 e. The number of alkyl halides is 1. The van der Waals surface area contributed by atoms with Gasteiger partial charge in [-0.2, -0.15) is 0 Å². The zero-order valence-corrected chi connectivity index (χ0v) is 12.6. The summed E-state index contributed by atoms with van der Waals surface area (Å²) in [6, 6.07) is 0. The van der Waals surface area contributed by atoms with Crippen LogP contribution in [0.2, 0.25) is 0 Å². The molecule has 0 spiro atoms. The van der Waals surface area contributed by atoms with E-state index in [9.17, 15) is 0 Å². The highest BCUT2D eigenvalue weighted by Gasteiger charge is 2.47. The quantitative estimate of drug-likeness (QED) is 0.614. The standard InChI is InChI=1S/C12H23ClO6/c1-14-7-8-9(15-2)10(16-3)11(17-4)12(19-8)18-6-5-13/h8-12H,5-7H2,1-4H3/t8-,9-,10+,11-,12-/m1/s1. The van der Waals surface area contributed by atoms with Crippen LogP contribution in [0.3, 0.4) is 0 Å². The Labute approximate surface area is 119 Å². The number of methoxy groups -OCH3 is 4. The van der Waals surface area contributed by atoms with Crippen molar-refractivity contribution in [3.8, 4) is 0 Å². The lowest BCUT2D eigenvalue weighted by Gasteiger charge is -2.44. The molecule has 1 heterocycles. The monoisotopic (exact) mass is 298 g/mol. The van der Waals surface area contributed by atoms with Crippen LogP contribution in [0.15, 0.2) is 0 Å². The first-order valence-electron chi connectivity index (χ1n) is 6.13. The minimum absolute atomic E-state index is 0.285. The molecule has 0 aromatic carbocycles. The predicted octanol–water partition coefficient (Wildman–Crippen LogP) is 0.658. The van der Waals surface area contributed by atoms with E-state index in [4.69, 9.17) is 40.0 Å². The molecular formula is C12H23ClO6. The topological polar surface area (TPSA) is 55.4 Å². The summed E-state index contributed by atoms with van der Waals surface area (Å²) in [5.41, 5.74) is 0. The molecule has 0 N–H and O–H groups in total. The third-order valence-electron chi connectivity index (χ3n) is 3.10. The minimum Gasteiger partial charge on any atom is -0.382 e. The highest BCUT2D eigenvalue weighted by atomic mass is 35.5. The van der Waals surface area contributed by atoms with Gasteiger partial charge in [0.25, 0.3) is 0 Å². The van der Waals surface area contributed by atoms with Crippen molar-refractivity contribution < 1.29 is 28.4 Å². The highest BCUT2D eigenvalue weighted by Crippen LogP contribution is 2.27. The van der Waals surface area contributed by atoms with Gasteiger partial charge in [0.2, 0.25) is 0 Å². The molecule has 0 aliphatic carbocycles. The lowest BCUT2D eigenvalue weighted by Crippen LogP contribution is -2.61. The van der Waals surface area contributed by atoms with Gasteiger partial charge in [-0.15, -0.1) is 11.6 Å². The zero-order valence-electron chi connectivity index (χ0n) is 11.8. The molecule has 1 aliphatic heterocycles. The summed E-state index contributed by atoms with van der Waals surface area (Å²) >= 11 is 5.63. The number of hydrogen-bond donors (Lipinski definition) is 0. The first kappa shape index (κ1) is 17.1. The summed E-state index contributed by atoms with van der Waals surface area (Å²) in [5, 5.41) is 0. The zero-order chi connectivity index (χ0) is 14.3. The van der Waals surface area contributed by atoms with Gasteiger partial charge in [0.1, 0.15) is 24.4 Å².